The lowest BCUT2D eigenvalue weighted by atomic mass is 10.1. The molecule has 0 aliphatic heterocycles. The lowest BCUT2D eigenvalue weighted by molar-refractivity contribution is -0.137. The number of carbonyl (C=O) groups is 1. The van der Waals surface area contributed by atoms with Crippen LogP contribution in [0.5, 0.6) is 0 Å². The normalized spacial score (nSPS) is 11.7. The highest BCUT2D eigenvalue weighted by atomic mass is 19.4. The van der Waals surface area contributed by atoms with Crippen molar-refractivity contribution in [3.05, 3.63) is 35.8 Å². The number of rotatable bonds is 3. The SMILES string of the molecule is O=C(O)CCc1ncc2cccc(C(F)(F)F)c2n1. The van der Waals surface area contributed by atoms with Crippen molar-refractivity contribution in [3.8, 4) is 0 Å². The van der Waals surface area contributed by atoms with Gasteiger partial charge in [-0.1, -0.05) is 12.1 Å². The molecule has 100 valence electrons. The third kappa shape index (κ3) is 2.98. The van der Waals surface area contributed by atoms with Gasteiger partial charge in [0.05, 0.1) is 17.5 Å². The van der Waals surface area contributed by atoms with Crippen molar-refractivity contribution in [2.75, 3.05) is 0 Å². The molecule has 0 unspecified atom stereocenters. The van der Waals surface area contributed by atoms with Gasteiger partial charge in [0, 0.05) is 18.0 Å². The van der Waals surface area contributed by atoms with Crippen molar-refractivity contribution in [3.63, 3.8) is 0 Å². The largest absolute Gasteiger partial charge is 0.481 e. The van der Waals surface area contributed by atoms with Crippen molar-refractivity contribution in [1.82, 2.24) is 9.97 Å². The molecule has 0 aliphatic rings. The minimum atomic E-state index is -4.50. The molecule has 0 saturated carbocycles. The van der Waals surface area contributed by atoms with E-state index in [0.717, 1.165) is 6.07 Å². The van der Waals surface area contributed by atoms with Crippen molar-refractivity contribution in [2.24, 2.45) is 0 Å². The second-order valence-corrected chi connectivity index (χ2v) is 3.92. The van der Waals surface area contributed by atoms with Gasteiger partial charge in [0.15, 0.2) is 0 Å². The fourth-order valence-electron chi connectivity index (χ4n) is 1.66. The zero-order valence-electron chi connectivity index (χ0n) is 9.61. The molecule has 19 heavy (non-hydrogen) atoms. The molecule has 0 aliphatic carbocycles. The quantitative estimate of drug-likeness (QED) is 0.931. The van der Waals surface area contributed by atoms with Gasteiger partial charge in [-0.25, -0.2) is 9.97 Å². The van der Waals surface area contributed by atoms with Gasteiger partial charge in [-0.3, -0.25) is 4.79 Å². The number of nitrogens with zero attached hydrogens (tertiary/aromatic N) is 2. The summed E-state index contributed by atoms with van der Waals surface area (Å²) in [5.41, 5.74) is -1.05. The molecule has 2 aromatic rings. The molecular weight excluding hydrogens is 261 g/mol. The van der Waals surface area contributed by atoms with Gasteiger partial charge < -0.3 is 5.11 Å². The van der Waals surface area contributed by atoms with Gasteiger partial charge in [-0.05, 0) is 6.07 Å². The monoisotopic (exact) mass is 270 g/mol. The topological polar surface area (TPSA) is 63.1 Å². The first kappa shape index (κ1) is 13.3. The molecule has 0 spiro atoms. The second kappa shape index (κ2) is 4.83. The fraction of sp³-hybridized carbons (Fsp3) is 0.250. The predicted octanol–water partition coefficient (Wildman–Crippen LogP) is 2.67. The Labute approximate surface area is 105 Å². The Morgan fingerprint density at radius 1 is 1.32 bits per heavy atom. The first-order chi connectivity index (χ1) is 8.88. The minimum Gasteiger partial charge on any atom is -0.481 e. The van der Waals surface area contributed by atoms with Crippen molar-refractivity contribution in [1.29, 1.82) is 0 Å². The molecule has 0 amide bonds. The molecule has 1 heterocycles. The summed E-state index contributed by atoms with van der Waals surface area (Å²) in [6.45, 7) is 0. The number of halogens is 3. The van der Waals surface area contributed by atoms with Crippen LogP contribution in [0.2, 0.25) is 0 Å². The number of hydrogen-bond acceptors (Lipinski definition) is 3. The first-order valence-electron chi connectivity index (χ1n) is 5.41. The number of para-hydroxylation sites is 1. The van der Waals surface area contributed by atoms with Crippen molar-refractivity contribution >= 4 is 16.9 Å². The Hall–Kier alpha value is -2.18. The number of alkyl halides is 3. The van der Waals surface area contributed by atoms with Gasteiger partial charge >= 0.3 is 12.1 Å². The number of fused-ring (bicyclic) bond motifs is 1. The van der Waals surface area contributed by atoms with E-state index in [2.05, 4.69) is 9.97 Å². The number of aromatic nitrogens is 2. The van der Waals surface area contributed by atoms with Gasteiger partial charge in [-0.2, -0.15) is 13.2 Å². The summed E-state index contributed by atoms with van der Waals surface area (Å²) in [4.78, 5) is 18.1. The van der Waals surface area contributed by atoms with Crippen LogP contribution in [-0.2, 0) is 17.4 Å². The minimum absolute atomic E-state index is 0.00252. The van der Waals surface area contributed by atoms with E-state index in [9.17, 15) is 18.0 Å². The highest BCUT2D eigenvalue weighted by molar-refractivity contribution is 5.81. The zero-order chi connectivity index (χ0) is 14.0. The predicted molar refractivity (Wildman–Crippen MR) is 60.5 cm³/mol. The summed E-state index contributed by atoms with van der Waals surface area (Å²) in [5, 5.41) is 8.81. The van der Waals surface area contributed by atoms with Crippen molar-refractivity contribution < 1.29 is 23.1 Å². The van der Waals surface area contributed by atoms with Crippen molar-refractivity contribution in [2.45, 2.75) is 19.0 Å². The van der Waals surface area contributed by atoms with E-state index in [0.29, 0.717) is 0 Å². The maximum absolute atomic E-state index is 12.8. The average molecular weight is 270 g/mol. The Balaban J connectivity index is 2.48. The van der Waals surface area contributed by atoms with E-state index in [1.807, 2.05) is 0 Å². The van der Waals surface area contributed by atoms with Crippen LogP contribution in [-0.4, -0.2) is 21.0 Å². The molecule has 4 nitrogen and oxygen atoms in total. The lowest BCUT2D eigenvalue weighted by Gasteiger charge is -2.09. The van der Waals surface area contributed by atoms with Gasteiger partial charge in [0.25, 0.3) is 0 Å². The molecule has 0 radical (unpaired) electrons. The van der Waals surface area contributed by atoms with Crippen LogP contribution in [0.3, 0.4) is 0 Å². The summed E-state index contributed by atoms with van der Waals surface area (Å²) in [5.74, 6) is -0.959. The summed E-state index contributed by atoms with van der Waals surface area (Å²) in [6.07, 6.45) is -3.45. The number of benzene rings is 1. The third-order valence-electron chi connectivity index (χ3n) is 2.53. The maximum atomic E-state index is 12.8. The van der Waals surface area contributed by atoms with Crippen LogP contribution in [0.25, 0.3) is 10.9 Å². The third-order valence-corrected chi connectivity index (χ3v) is 2.53. The van der Waals surface area contributed by atoms with Crippen LogP contribution in [0.1, 0.15) is 17.8 Å². The highest BCUT2D eigenvalue weighted by Gasteiger charge is 2.33. The fourth-order valence-corrected chi connectivity index (χ4v) is 1.66. The van der Waals surface area contributed by atoms with Crippen LogP contribution in [0, 0.1) is 0 Å². The van der Waals surface area contributed by atoms with Crippen LogP contribution in [0.4, 0.5) is 13.2 Å². The van der Waals surface area contributed by atoms with Gasteiger partial charge in [-0.15, -0.1) is 0 Å². The molecular formula is C12H9F3N2O2. The molecule has 0 bridgehead atoms. The highest BCUT2D eigenvalue weighted by Crippen LogP contribution is 2.33. The van der Waals surface area contributed by atoms with E-state index in [1.54, 1.807) is 0 Å². The van der Waals surface area contributed by atoms with E-state index in [1.165, 1.54) is 18.3 Å². The molecule has 1 aromatic carbocycles. The van der Waals surface area contributed by atoms with E-state index in [-0.39, 0.29) is 29.6 Å². The van der Waals surface area contributed by atoms with Crippen LogP contribution < -0.4 is 0 Å². The summed E-state index contributed by atoms with van der Waals surface area (Å²) in [6, 6.07) is 3.70. The average Bonchev–Trinajstić information content (AvgIpc) is 2.34. The number of hydrogen-bond donors (Lipinski definition) is 1. The number of aryl methyl sites for hydroxylation is 1. The van der Waals surface area contributed by atoms with Crippen LogP contribution >= 0.6 is 0 Å². The summed E-state index contributed by atoms with van der Waals surface area (Å²) >= 11 is 0. The van der Waals surface area contributed by atoms with E-state index < -0.39 is 17.7 Å². The molecule has 0 atom stereocenters. The van der Waals surface area contributed by atoms with Gasteiger partial charge in [0.1, 0.15) is 5.82 Å². The molecule has 0 fully saturated rings. The number of carboxylic acid groups (broad SMARTS) is 1. The Bertz CT molecular complexity index is 626. The summed E-state index contributed by atoms with van der Waals surface area (Å²) in [7, 11) is 0. The lowest BCUT2D eigenvalue weighted by Crippen LogP contribution is -2.08. The smallest absolute Gasteiger partial charge is 0.418 e. The first-order valence-corrected chi connectivity index (χ1v) is 5.41. The molecule has 0 saturated heterocycles. The molecule has 7 heteroatoms. The Morgan fingerprint density at radius 2 is 2.05 bits per heavy atom. The number of aliphatic carboxylic acids is 1. The standard InChI is InChI=1S/C12H9F3N2O2/c13-12(14,15)8-3-1-2-7-6-16-9(17-11(7)8)4-5-10(18)19/h1-3,6H,4-5H2,(H,18,19). The summed E-state index contributed by atoms with van der Waals surface area (Å²) < 4.78 is 38.4. The van der Waals surface area contributed by atoms with Crippen LogP contribution in [0.15, 0.2) is 24.4 Å². The van der Waals surface area contributed by atoms with Gasteiger partial charge in [0.2, 0.25) is 0 Å². The molecule has 1 aromatic heterocycles. The van der Waals surface area contributed by atoms with E-state index in [4.69, 9.17) is 5.11 Å². The Kier molecular flexibility index (Phi) is 3.37. The second-order valence-electron chi connectivity index (χ2n) is 3.92. The maximum Gasteiger partial charge on any atom is 0.418 e. The Morgan fingerprint density at radius 3 is 2.68 bits per heavy atom. The zero-order valence-corrected chi connectivity index (χ0v) is 9.61. The molecule has 1 N–H and O–H groups in total. The number of carboxylic acids is 1. The van der Waals surface area contributed by atoms with E-state index >= 15 is 0 Å². The molecule has 2 rings (SSSR count).